The molecule has 0 aliphatic carbocycles. The van der Waals surface area contributed by atoms with E-state index in [2.05, 4.69) is 24.0 Å². The molecule has 0 radical (unpaired) electrons. The lowest BCUT2D eigenvalue weighted by molar-refractivity contribution is 0.171. The zero-order chi connectivity index (χ0) is 13.2. The number of ether oxygens (including phenoxy) is 2. The Kier molecular flexibility index (Phi) is 5.13. The van der Waals surface area contributed by atoms with E-state index in [0.29, 0.717) is 25.2 Å². The van der Waals surface area contributed by atoms with Crippen molar-refractivity contribution in [3.8, 4) is 11.5 Å². The zero-order valence-electron chi connectivity index (χ0n) is 11.9. The summed E-state index contributed by atoms with van der Waals surface area (Å²) < 4.78 is 11.2. The van der Waals surface area contributed by atoms with Gasteiger partial charge in [-0.05, 0) is 43.5 Å². The van der Waals surface area contributed by atoms with E-state index in [4.69, 9.17) is 15.2 Å². The van der Waals surface area contributed by atoms with E-state index in [9.17, 15) is 0 Å². The van der Waals surface area contributed by atoms with Crippen LogP contribution in [0.2, 0.25) is 0 Å². The highest BCUT2D eigenvalue weighted by Crippen LogP contribution is 2.31. The first-order valence-corrected chi connectivity index (χ1v) is 7.09. The maximum atomic E-state index is 5.98. The third-order valence-corrected chi connectivity index (χ3v) is 4.07. The van der Waals surface area contributed by atoms with Gasteiger partial charge in [-0.15, -0.1) is 12.4 Å². The molecule has 0 aromatic heterocycles. The summed E-state index contributed by atoms with van der Waals surface area (Å²) in [6.07, 6.45) is 1.21. The van der Waals surface area contributed by atoms with Crippen LogP contribution in [-0.2, 0) is 6.54 Å². The van der Waals surface area contributed by atoms with Crippen molar-refractivity contribution in [1.29, 1.82) is 0 Å². The predicted molar refractivity (Wildman–Crippen MR) is 81.7 cm³/mol. The maximum absolute atomic E-state index is 5.98. The molecule has 2 heterocycles. The SMILES string of the molecule is CC(N)C1CCN(Cc2ccc3c(c2)OCCO3)C1.Cl. The lowest BCUT2D eigenvalue weighted by Crippen LogP contribution is -2.29. The molecular formula is C15H23ClN2O2. The van der Waals surface area contributed by atoms with Gasteiger partial charge >= 0.3 is 0 Å². The minimum atomic E-state index is 0. The van der Waals surface area contributed by atoms with Gasteiger partial charge in [0.1, 0.15) is 13.2 Å². The monoisotopic (exact) mass is 298 g/mol. The average molecular weight is 299 g/mol. The van der Waals surface area contributed by atoms with Crippen molar-refractivity contribution in [2.45, 2.75) is 25.9 Å². The van der Waals surface area contributed by atoms with Crippen molar-refractivity contribution in [1.82, 2.24) is 4.90 Å². The zero-order valence-corrected chi connectivity index (χ0v) is 12.7. The summed E-state index contributed by atoms with van der Waals surface area (Å²) in [5.74, 6) is 2.38. The molecule has 2 atom stereocenters. The van der Waals surface area contributed by atoms with Crippen LogP contribution in [0.4, 0.5) is 0 Å². The number of halogens is 1. The second-order valence-corrected chi connectivity index (χ2v) is 5.62. The largest absolute Gasteiger partial charge is 0.486 e. The second kappa shape index (κ2) is 6.66. The van der Waals surface area contributed by atoms with Crippen LogP contribution in [-0.4, -0.2) is 37.2 Å². The number of likely N-dealkylation sites (tertiary alicyclic amines) is 1. The first-order valence-electron chi connectivity index (χ1n) is 7.09. The van der Waals surface area contributed by atoms with E-state index < -0.39 is 0 Å². The molecule has 2 aliphatic rings. The molecule has 2 N–H and O–H groups in total. The number of fused-ring (bicyclic) bond motifs is 1. The van der Waals surface area contributed by atoms with Crippen LogP contribution in [0, 0.1) is 5.92 Å². The van der Waals surface area contributed by atoms with Crippen LogP contribution >= 0.6 is 12.4 Å². The first kappa shape index (κ1) is 15.4. The summed E-state index contributed by atoms with van der Waals surface area (Å²) in [4.78, 5) is 2.47. The Bertz CT molecular complexity index is 453. The third-order valence-electron chi connectivity index (χ3n) is 4.07. The fourth-order valence-corrected chi connectivity index (χ4v) is 2.88. The third kappa shape index (κ3) is 3.37. The van der Waals surface area contributed by atoms with Crippen LogP contribution in [0.3, 0.4) is 0 Å². The minimum absolute atomic E-state index is 0. The Morgan fingerprint density at radius 1 is 1.30 bits per heavy atom. The van der Waals surface area contributed by atoms with Gasteiger partial charge in [0.2, 0.25) is 0 Å². The lowest BCUT2D eigenvalue weighted by atomic mass is 10.0. The molecule has 0 spiro atoms. The molecule has 20 heavy (non-hydrogen) atoms. The highest BCUT2D eigenvalue weighted by Gasteiger charge is 2.25. The molecule has 5 heteroatoms. The highest BCUT2D eigenvalue weighted by molar-refractivity contribution is 5.85. The van der Waals surface area contributed by atoms with Crippen molar-refractivity contribution in [2.24, 2.45) is 11.7 Å². The van der Waals surface area contributed by atoms with Crippen LogP contribution < -0.4 is 15.2 Å². The van der Waals surface area contributed by atoms with E-state index in [-0.39, 0.29) is 12.4 Å². The number of hydrogen-bond donors (Lipinski definition) is 1. The highest BCUT2D eigenvalue weighted by atomic mass is 35.5. The van der Waals surface area contributed by atoms with Gasteiger partial charge in [-0.2, -0.15) is 0 Å². The normalized spacial score (nSPS) is 23.2. The van der Waals surface area contributed by atoms with Gasteiger partial charge in [-0.25, -0.2) is 0 Å². The standard InChI is InChI=1S/C15H22N2O2.ClH/c1-11(16)13-4-5-17(10-13)9-12-2-3-14-15(8-12)19-7-6-18-14;/h2-3,8,11,13H,4-7,9-10,16H2,1H3;1H. The van der Waals surface area contributed by atoms with Gasteiger partial charge in [0.25, 0.3) is 0 Å². The quantitative estimate of drug-likeness (QED) is 0.928. The Balaban J connectivity index is 0.00000147. The molecule has 1 saturated heterocycles. The summed E-state index contributed by atoms with van der Waals surface area (Å²) >= 11 is 0. The Labute approximate surface area is 126 Å². The van der Waals surface area contributed by atoms with Crippen LogP contribution in [0.5, 0.6) is 11.5 Å². The van der Waals surface area contributed by atoms with E-state index in [0.717, 1.165) is 31.1 Å². The summed E-state index contributed by atoms with van der Waals surface area (Å²) in [6, 6.07) is 6.55. The van der Waals surface area contributed by atoms with Gasteiger partial charge in [0.15, 0.2) is 11.5 Å². The van der Waals surface area contributed by atoms with Crippen molar-refractivity contribution in [3.63, 3.8) is 0 Å². The molecule has 1 aromatic rings. The van der Waals surface area contributed by atoms with Gasteiger partial charge in [-0.3, -0.25) is 4.90 Å². The summed E-state index contributed by atoms with van der Waals surface area (Å²) in [6.45, 7) is 6.62. The van der Waals surface area contributed by atoms with Crippen molar-refractivity contribution < 1.29 is 9.47 Å². The summed E-state index contributed by atoms with van der Waals surface area (Å²) in [5, 5.41) is 0. The minimum Gasteiger partial charge on any atom is -0.486 e. The van der Waals surface area contributed by atoms with Crippen molar-refractivity contribution in [3.05, 3.63) is 23.8 Å². The van der Waals surface area contributed by atoms with Crippen LogP contribution in [0.15, 0.2) is 18.2 Å². The molecule has 1 fully saturated rings. The molecular weight excluding hydrogens is 276 g/mol. The molecule has 2 aliphatic heterocycles. The smallest absolute Gasteiger partial charge is 0.161 e. The Morgan fingerprint density at radius 3 is 2.75 bits per heavy atom. The van der Waals surface area contributed by atoms with E-state index in [1.54, 1.807) is 0 Å². The Morgan fingerprint density at radius 2 is 2.05 bits per heavy atom. The van der Waals surface area contributed by atoms with Crippen molar-refractivity contribution in [2.75, 3.05) is 26.3 Å². The lowest BCUT2D eigenvalue weighted by Gasteiger charge is -2.21. The van der Waals surface area contributed by atoms with E-state index in [1.807, 2.05) is 6.07 Å². The molecule has 0 amide bonds. The molecule has 4 nitrogen and oxygen atoms in total. The molecule has 0 bridgehead atoms. The number of hydrogen-bond acceptors (Lipinski definition) is 4. The fourth-order valence-electron chi connectivity index (χ4n) is 2.88. The predicted octanol–water partition coefficient (Wildman–Crippen LogP) is 2.05. The van der Waals surface area contributed by atoms with Crippen LogP contribution in [0.25, 0.3) is 0 Å². The Hall–Kier alpha value is -0.970. The molecule has 1 aromatic carbocycles. The maximum Gasteiger partial charge on any atom is 0.161 e. The van der Waals surface area contributed by atoms with Gasteiger partial charge < -0.3 is 15.2 Å². The topological polar surface area (TPSA) is 47.7 Å². The number of benzene rings is 1. The van der Waals surface area contributed by atoms with Gasteiger partial charge in [-0.1, -0.05) is 6.07 Å². The number of nitrogens with two attached hydrogens (primary N) is 1. The van der Waals surface area contributed by atoms with Gasteiger partial charge in [0, 0.05) is 19.1 Å². The summed E-state index contributed by atoms with van der Waals surface area (Å²) in [5.41, 5.74) is 7.27. The molecule has 0 saturated carbocycles. The first-order chi connectivity index (χ1) is 9.22. The molecule has 2 unspecified atom stereocenters. The van der Waals surface area contributed by atoms with Gasteiger partial charge in [0.05, 0.1) is 0 Å². The van der Waals surface area contributed by atoms with Crippen LogP contribution in [0.1, 0.15) is 18.9 Å². The average Bonchev–Trinajstić information content (AvgIpc) is 2.87. The van der Waals surface area contributed by atoms with E-state index in [1.165, 1.54) is 12.0 Å². The molecule has 3 rings (SSSR count). The second-order valence-electron chi connectivity index (χ2n) is 5.62. The number of nitrogens with zero attached hydrogens (tertiary/aromatic N) is 1. The summed E-state index contributed by atoms with van der Waals surface area (Å²) in [7, 11) is 0. The fraction of sp³-hybridized carbons (Fsp3) is 0.600. The molecule has 112 valence electrons. The number of rotatable bonds is 3. The van der Waals surface area contributed by atoms with Crippen molar-refractivity contribution >= 4 is 12.4 Å². The van der Waals surface area contributed by atoms with E-state index >= 15 is 0 Å².